The molecule has 0 atom stereocenters. The van der Waals surface area contributed by atoms with Crippen molar-refractivity contribution in [1.29, 1.82) is 0 Å². The van der Waals surface area contributed by atoms with Crippen LogP contribution in [0.25, 0.3) is 0 Å². The molecule has 1 heterocycles. The van der Waals surface area contributed by atoms with Gasteiger partial charge in [-0.1, -0.05) is 0 Å². The Hall–Kier alpha value is -1.52. The number of carboxylic acid groups (broad SMARTS) is 1. The molecule has 3 N–H and O–H groups in total. The molecule has 0 fully saturated rings. The lowest BCUT2D eigenvalue weighted by atomic mass is 10.2. The molecule has 0 saturated heterocycles. The summed E-state index contributed by atoms with van der Waals surface area (Å²) in [5.74, 6) is -0.737. The highest BCUT2D eigenvalue weighted by molar-refractivity contribution is 5.88. The highest BCUT2D eigenvalue weighted by Gasteiger charge is 2.15. The lowest BCUT2D eigenvalue weighted by Crippen LogP contribution is -2.06. The molecule has 60 valence electrons. The third-order valence-corrected chi connectivity index (χ3v) is 1.52. The number of nitrogens with zero attached hydrogens (tertiary/aromatic N) is 2. The van der Waals surface area contributed by atoms with E-state index < -0.39 is 5.97 Å². The first-order valence-corrected chi connectivity index (χ1v) is 3.06. The number of hydrogen-bond donors (Lipinski definition) is 2. The van der Waals surface area contributed by atoms with Crippen LogP contribution in [0.5, 0.6) is 0 Å². The van der Waals surface area contributed by atoms with Gasteiger partial charge in [0, 0.05) is 12.6 Å². The number of nitrogen functional groups attached to an aromatic ring is 1. The maximum absolute atomic E-state index is 10.5. The second-order valence-corrected chi connectivity index (χ2v) is 2.29. The van der Waals surface area contributed by atoms with Crippen molar-refractivity contribution in [1.82, 2.24) is 9.78 Å². The second kappa shape index (κ2) is 2.26. The number of hydrogen-bond acceptors (Lipinski definition) is 3. The van der Waals surface area contributed by atoms with Crippen LogP contribution in [0.3, 0.4) is 0 Å². The van der Waals surface area contributed by atoms with Crippen molar-refractivity contribution in [3.63, 3.8) is 0 Å². The molecule has 1 rings (SSSR count). The van der Waals surface area contributed by atoms with Crippen molar-refractivity contribution in [2.45, 2.75) is 6.92 Å². The third-order valence-electron chi connectivity index (χ3n) is 1.52. The fourth-order valence-electron chi connectivity index (χ4n) is 0.949. The fraction of sp³-hybridized carbons (Fsp3) is 0.333. The lowest BCUT2D eigenvalue weighted by molar-refractivity contribution is 0.0684. The van der Waals surface area contributed by atoms with Crippen molar-refractivity contribution < 1.29 is 9.90 Å². The number of rotatable bonds is 1. The zero-order valence-corrected chi connectivity index (χ0v) is 6.33. The van der Waals surface area contributed by atoms with Crippen LogP contribution in [0.4, 0.5) is 5.82 Å². The molecule has 0 amide bonds. The van der Waals surface area contributed by atoms with E-state index in [1.54, 1.807) is 14.0 Å². The number of anilines is 1. The average molecular weight is 155 g/mol. The Morgan fingerprint density at radius 1 is 1.73 bits per heavy atom. The predicted octanol–water partition coefficient (Wildman–Crippen LogP) is 0.00892. The van der Waals surface area contributed by atoms with Gasteiger partial charge < -0.3 is 10.8 Å². The topological polar surface area (TPSA) is 81.1 Å². The first-order chi connectivity index (χ1) is 5.04. The van der Waals surface area contributed by atoms with Crippen molar-refractivity contribution in [2.24, 2.45) is 7.05 Å². The van der Waals surface area contributed by atoms with Gasteiger partial charge in [-0.05, 0) is 6.92 Å². The summed E-state index contributed by atoms with van der Waals surface area (Å²) in [5.41, 5.74) is 6.04. The van der Waals surface area contributed by atoms with Gasteiger partial charge in [0.05, 0.1) is 0 Å². The Labute approximate surface area is 63.4 Å². The van der Waals surface area contributed by atoms with Crippen LogP contribution < -0.4 is 5.73 Å². The van der Waals surface area contributed by atoms with Crippen molar-refractivity contribution in [3.05, 3.63) is 11.3 Å². The summed E-state index contributed by atoms with van der Waals surface area (Å²) in [6.45, 7) is 1.63. The lowest BCUT2D eigenvalue weighted by Gasteiger charge is -1.93. The van der Waals surface area contributed by atoms with Crippen LogP contribution >= 0.6 is 0 Å². The quantitative estimate of drug-likeness (QED) is 0.598. The molecule has 0 unspecified atom stereocenters. The maximum atomic E-state index is 10.5. The zero-order valence-electron chi connectivity index (χ0n) is 6.33. The normalized spacial score (nSPS) is 10.0. The highest BCUT2D eigenvalue weighted by Crippen LogP contribution is 2.12. The number of nitrogens with two attached hydrogens (primary N) is 1. The third kappa shape index (κ3) is 1.04. The van der Waals surface area contributed by atoms with Gasteiger partial charge in [-0.15, -0.1) is 0 Å². The Kier molecular flexibility index (Phi) is 1.56. The molecule has 0 radical (unpaired) electrons. The van der Waals surface area contributed by atoms with E-state index in [2.05, 4.69) is 5.10 Å². The maximum Gasteiger partial charge on any atom is 0.354 e. The molecule has 0 bridgehead atoms. The Morgan fingerprint density at radius 3 is 2.45 bits per heavy atom. The minimum atomic E-state index is -1.01. The number of aromatic carboxylic acids is 1. The van der Waals surface area contributed by atoms with Gasteiger partial charge in [-0.3, -0.25) is 4.68 Å². The van der Waals surface area contributed by atoms with Crippen LogP contribution in [0.15, 0.2) is 0 Å². The Morgan fingerprint density at radius 2 is 2.27 bits per heavy atom. The predicted molar refractivity (Wildman–Crippen MR) is 39.3 cm³/mol. The van der Waals surface area contributed by atoms with Crippen LogP contribution in [0, 0.1) is 6.92 Å². The summed E-state index contributed by atoms with van der Waals surface area (Å²) in [4.78, 5) is 10.5. The SMILES string of the molecule is Cc1c(N)nn(C)c1C(=O)O. The summed E-state index contributed by atoms with van der Waals surface area (Å²) >= 11 is 0. The van der Waals surface area contributed by atoms with E-state index in [9.17, 15) is 4.79 Å². The van der Waals surface area contributed by atoms with Gasteiger partial charge >= 0.3 is 5.97 Å². The molecule has 1 aromatic rings. The van der Waals surface area contributed by atoms with E-state index in [4.69, 9.17) is 10.8 Å². The number of carboxylic acids is 1. The number of aromatic nitrogens is 2. The molecule has 1 aromatic heterocycles. The van der Waals surface area contributed by atoms with E-state index in [1.165, 1.54) is 4.68 Å². The van der Waals surface area contributed by atoms with Gasteiger partial charge in [-0.25, -0.2) is 4.79 Å². The first kappa shape index (κ1) is 7.59. The molecular formula is C6H9N3O2. The van der Waals surface area contributed by atoms with Crippen molar-refractivity contribution in [2.75, 3.05) is 5.73 Å². The van der Waals surface area contributed by atoms with Crippen LogP contribution in [0.2, 0.25) is 0 Å². The van der Waals surface area contributed by atoms with Gasteiger partial charge in [-0.2, -0.15) is 5.10 Å². The number of aryl methyl sites for hydroxylation is 1. The second-order valence-electron chi connectivity index (χ2n) is 2.29. The zero-order chi connectivity index (χ0) is 8.59. The minimum Gasteiger partial charge on any atom is -0.477 e. The molecule has 11 heavy (non-hydrogen) atoms. The molecule has 5 heteroatoms. The highest BCUT2D eigenvalue weighted by atomic mass is 16.4. The van der Waals surface area contributed by atoms with Gasteiger partial charge in [0.25, 0.3) is 0 Å². The van der Waals surface area contributed by atoms with E-state index in [0.717, 1.165) is 0 Å². The minimum absolute atomic E-state index is 0.141. The summed E-state index contributed by atoms with van der Waals surface area (Å²) in [6.07, 6.45) is 0. The summed E-state index contributed by atoms with van der Waals surface area (Å²) in [6, 6.07) is 0. The average Bonchev–Trinajstić information content (AvgIpc) is 2.07. The molecular weight excluding hydrogens is 146 g/mol. The van der Waals surface area contributed by atoms with E-state index in [1.807, 2.05) is 0 Å². The fourth-order valence-corrected chi connectivity index (χ4v) is 0.949. The molecule has 0 saturated carbocycles. The summed E-state index contributed by atoms with van der Waals surface area (Å²) in [7, 11) is 1.55. The molecule has 0 spiro atoms. The Balaban J connectivity index is 3.34. The van der Waals surface area contributed by atoms with Gasteiger partial charge in [0.2, 0.25) is 0 Å². The largest absolute Gasteiger partial charge is 0.477 e. The molecule has 0 aliphatic heterocycles. The van der Waals surface area contributed by atoms with Crippen molar-refractivity contribution in [3.8, 4) is 0 Å². The van der Waals surface area contributed by atoms with Gasteiger partial charge in [0.15, 0.2) is 5.69 Å². The van der Waals surface area contributed by atoms with Crippen molar-refractivity contribution >= 4 is 11.8 Å². The standard InChI is InChI=1S/C6H9N3O2/c1-3-4(6(10)11)9(2)8-5(3)7/h1-2H3,(H2,7,8)(H,10,11). The van der Waals surface area contributed by atoms with Crippen LogP contribution in [0.1, 0.15) is 16.1 Å². The van der Waals surface area contributed by atoms with Crippen LogP contribution in [-0.2, 0) is 7.05 Å². The summed E-state index contributed by atoms with van der Waals surface area (Å²) < 4.78 is 1.26. The first-order valence-electron chi connectivity index (χ1n) is 3.06. The van der Waals surface area contributed by atoms with Gasteiger partial charge in [0.1, 0.15) is 5.82 Å². The van der Waals surface area contributed by atoms with Crippen LogP contribution in [-0.4, -0.2) is 20.9 Å². The smallest absolute Gasteiger partial charge is 0.354 e. The monoisotopic (exact) mass is 155 g/mol. The van der Waals surface area contributed by atoms with E-state index in [-0.39, 0.29) is 11.5 Å². The number of carbonyl (C=O) groups is 1. The Bertz CT molecular complexity index is 303. The van der Waals surface area contributed by atoms with E-state index >= 15 is 0 Å². The molecule has 0 aliphatic carbocycles. The summed E-state index contributed by atoms with van der Waals surface area (Å²) in [5, 5.41) is 12.4. The molecule has 0 aromatic carbocycles. The molecule has 5 nitrogen and oxygen atoms in total. The van der Waals surface area contributed by atoms with E-state index in [0.29, 0.717) is 5.56 Å². The molecule has 0 aliphatic rings.